The normalized spacial score (nSPS) is 16.3. The van der Waals surface area contributed by atoms with E-state index in [4.69, 9.17) is 10.7 Å². The first-order valence-electron chi connectivity index (χ1n) is 10.9. The van der Waals surface area contributed by atoms with Gasteiger partial charge in [-0.2, -0.15) is 26.3 Å². The molecule has 2 amide bonds. The highest BCUT2D eigenvalue weighted by molar-refractivity contribution is 8.13. The monoisotopic (exact) mass is 600 g/mol. The number of fused-ring (bicyclic) bond motifs is 1. The molecule has 39 heavy (non-hydrogen) atoms. The zero-order valence-corrected chi connectivity index (χ0v) is 21.6. The quantitative estimate of drug-likeness (QED) is 0.306. The molecule has 0 bridgehead atoms. The lowest BCUT2D eigenvalue weighted by Crippen LogP contribution is -2.56. The highest BCUT2D eigenvalue weighted by Crippen LogP contribution is 2.53. The van der Waals surface area contributed by atoms with Crippen molar-refractivity contribution in [2.45, 2.75) is 49.2 Å². The number of alkyl halides is 6. The Bertz CT molecular complexity index is 1400. The molecular weight excluding hydrogens is 582 g/mol. The molecule has 0 saturated carbocycles. The molecule has 16 heteroatoms. The molecule has 1 aliphatic heterocycles. The van der Waals surface area contributed by atoms with Crippen LogP contribution in [0.4, 0.5) is 32.0 Å². The fraction of sp³-hybridized carbons (Fsp3) is 0.348. The third-order valence-corrected chi connectivity index (χ3v) is 7.28. The number of benzene rings is 2. The van der Waals surface area contributed by atoms with E-state index in [2.05, 4.69) is 10.1 Å². The lowest BCUT2D eigenvalue weighted by Gasteiger charge is -2.37. The van der Waals surface area contributed by atoms with Crippen LogP contribution < -0.4 is 5.32 Å². The molecule has 1 aliphatic rings. The van der Waals surface area contributed by atoms with E-state index >= 15 is 0 Å². The van der Waals surface area contributed by atoms with Crippen molar-refractivity contribution < 1.29 is 53.9 Å². The van der Waals surface area contributed by atoms with E-state index in [9.17, 15) is 49.1 Å². The van der Waals surface area contributed by atoms with Gasteiger partial charge in [-0.25, -0.2) is 8.42 Å². The number of hydrogen-bond acceptors (Lipinski definition) is 6. The minimum absolute atomic E-state index is 0.00716. The molecule has 8 nitrogen and oxygen atoms in total. The second-order valence-corrected chi connectivity index (χ2v) is 11.1. The molecule has 2 aromatic carbocycles. The lowest BCUT2D eigenvalue weighted by molar-refractivity contribution is -0.377. The van der Waals surface area contributed by atoms with Crippen LogP contribution in [0.1, 0.15) is 36.6 Å². The summed E-state index contributed by atoms with van der Waals surface area (Å²) < 4.78 is 109. The highest BCUT2D eigenvalue weighted by Gasteiger charge is 2.75. The summed E-state index contributed by atoms with van der Waals surface area (Å²) in [7, 11) is 1.28. The maximum Gasteiger partial charge on any atom is 0.442 e. The van der Waals surface area contributed by atoms with Gasteiger partial charge in [0, 0.05) is 42.3 Å². The third kappa shape index (κ3) is 5.83. The van der Waals surface area contributed by atoms with Crippen molar-refractivity contribution in [1.82, 2.24) is 4.90 Å². The summed E-state index contributed by atoms with van der Waals surface area (Å²) >= 11 is 0. The van der Waals surface area contributed by atoms with Crippen molar-refractivity contribution >= 4 is 43.2 Å². The van der Waals surface area contributed by atoms with Gasteiger partial charge in [0.25, 0.3) is 15.0 Å². The number of amides is 2. The number of nitrogens with zero attached hydrogens (tertiary/aromatic N) is 1. The van der Waals surface area contributed by atoms with Crippen molar-refractivity contribution in [3.63, 3.8) is 0 Å². The van der Waals surface area contributed by atoms with Crippen molar-refractivity contribution in [2.24, 2.45) is 0 Å². The predicted molar refractivity (Wildman–Crippen MR) is 124 cm³/mol. The molecule has 0 saturated heterocycles. The van der Waals surface area contributed by atoms with E-state index in [0.29, 0.717) is 24.6 Å². The molecule has 0 radical (unpaired) electrons. The topological polar surface area (TPSA) is 110 Å². The van der Waals surface area contributed by atoms with Gasteiger partial charge in [-0.1, -0.05) is 18.2 Å². The molecule has 212 valence electrons. The smallest absolute Gasteiger partial charge is 0.435 e. The number of rotatable bonds is 5. The predicted octanol–water partition coefficient (Wildman–Crippen LogP) is 4.58. The van der Waals surface area contributed by atoms with E-state index in [1.54, 1.807) is 0 Å². The van der Waals surface area contributed by atoms with Gasteiger partial charge in [0.15, 0.2) is 0 Å². The van der Waals surface area contributed by atoms with Crippen LogP contribution in [-0.4, -0.2) is 50.0 Å². The number of ether oxygens (including phenoxy) is 1. The molecule has 0 spiro atoms. The third-order valence-electron chi connectivity index (χ3n) is 5.93. The molecule has 0 fully saturated rings. The number of carbonyl (C=O) groups excluding carboxylic acids is 3. The molecule has 0 aliphatic carbocycles. The molecule has 3 rings (SSSR count). The average Bonchev–Trinajstić information content (AvgIpc) is 2.79. The summed E-state index contributed by atoms with van der Waals surface area (Å²) in [5.74, 6) is -3.22. The zero-order chi connectivity index (χ0) is 29.6. The lowest BCUT2D eigenvalue weighted by atomic mass is 9.91. The Morgan fingerprint density at radius 1 is 0.974 bits per heavy atom. The Labute approximate surface area is 222 Å². The first-order chi connectivity index (χ1) is 17.8. The molecular formula is C23H19ClF6N2O6S. The number of carbonyl (C=O) groups is 3. The Hall–Kier alpha value is -3.33. The van der Waals surface area contributed by atoms with E-state index < -0.39 is 56.4 Å². The second kappa shape index (κ2) is 10.3. The minimum atomic E-state index is -6.08. The first kappa shape index (κ1) is 30.2. The Kier molecular flexibility index (Phi) is 8.01. The summed E-state index contributed by atoms with van der Waals surface area (Å²) in [6, 6.07) is 4.64. The summed E-state index contributed by atoms with van der Waals surface area (Å²) in [6.07, 6.45) is -12.0. The SMILES string of the molecule is CC(=O)OC(c1ccc(NC(=O)C2c3ccc(S(=O)(=O)Cl)cc3CCN2C(C)=O)cc1)(C(F)(F)F)C(F)(F)F. The summed E-state index contributed by atoms with van der Waals surface area (Å²) in [5.41, 5.74) is -6.01. The number of anilines is 1. The van der Waals surface area contributed by atoms with Gasteiger partial charge in [-0.15, -0.1) is 0 Å². The maximum absolute atomic E-state index is 13.7. The van der Waals surface area contributed by atoms with Gasteiger partial charge < -0.3 is 15.0 Å². The number of hydrogen-bond donors (Lipinski definition) is 1. The zero-order valence-electron chi connectivity index (χ0n) is 20.0. The van der Waals surface area contributed by atoms with Crippen molar-refractivity contribution in [3.05, 3.63) is 59.2 Å². The maximum atomic E-state index is 13.7. The van der Waals surface area contributed by atoms with E-state index in [-0.39, 0.29) is 29.1 Å². The van der Waals surface area contributed by atoms with E-state index in [1.807, 2.05) is 0 Å². The Morgan fingerprint density at radius 2 is 1.54 bits per heavy atom. The highest BCUT2D eigenvalue weighted by atomic mass is 35.7. The molecule has 1 N–H and O–H groups in total. The number of nitrogens with one attached hydrogen (secondary N) is 1. The van der Waals surface area contributed by atoms with Crippen LogP contribution in [0.3, 0.4) is 0 Å². The summed E-state index contributed by atoms with van der Waals surface area (Å²) in [5, 5.41) is 2.33. The van der Waals surface area contributed by atoms with Gasteiger partial charge in [0.2, 0.25) is 5.91 Å². The molecule has 1 atom stereocenters. The van der Waals surface area contributed by atoms with Crippen LogP contribution in [0.25, 0.3) is 0 Å². The van der Waals surface area contributed by atoms with Gasteiger partial charge in [-0.3, -0.25) is 14.4 Å². The van der Waals surface area contributed by atoms with E-state index in [0.717, 1.165) is 18.2 Å². The summed E-state index contributed by atoms with van der Waals surface area (Å²) in [6.45, 7) is 1.59. The Balaban J connectivity index is 1.99. The minimum Gasteiger partial charge on any atom is -0.435 e. The van der Waals surface area contributed by atoms with Crippen LogP contribution >= 0.6 is 10.7 Å². The van der Waals surface area contributed by atoms with Crippen LogP contribution in [-0.2, 0) is 40.2 Å². The number of halogens is 7. The van der Waals surface area contributed by atoms with Gasteiger partial charge in [-0.05, 0) is 41.8 Å². The van der Waals surface area contributed by atoms with E-state index in [1.165, 1.54) is 24.0 Å². The second-order valence-electron chi connectivity index (χ2n) is 8.50. The molecule has 1 unspecified atom stereocenters. The molecule has 2 aromatic rings. The van der Waals surface area contributed by atoms with Crippen LogP contribution in [0.15, 0.2) is 47.4 Å². The molecule has 1 heterocycles. The fourth-order valence-corrected chi connectivity index (χ4v) is 5.06. The van der Waals surface area contributed by atoms with Crippen molar-refractivity contribution in [3.8, 4) is 0 Å². The van der Waals surface area contributed by atoms with Gasteiger partial charge >= 0.3 is 23.9 Å². The molecule has 0 aromatic heterocycles. The largest absolute Gasteiger partial charge is 0.442 e. The Morgan fingerprint density at radius 3 is 2.00 bits per heavy atom. The number of esters is 1. The fourth-order valence-electron chi connectivity index (χ4n) is 4.25. The first-order valence-corrected chi connectivity index (χ1v) is 13.2. The van der Waals surface area contributed by atoms with Crippen LogP contribution in [0.2, 0.25) is 0 Å². The van der Waals surface area contributed by atoms with Gasteiger partial charge in [0.05, 0.1) is 4.90 Å². The van der Waals surface area contributed by atoms with Gasteiger partial charge in [0.1, 0.15) is 6.04 Å². The average molecular weight is 601 g/mol. The van der Waals surface area contributed by atoms with Crippen LogP contribution in [0, 0.1) is 0 Å². The van der Waals surface area contributed by atoms with Crippen LogP contribution in [0.5, 0.6) is 0 Å². The summed E-state index contributed by atoms with van der Waals surface area (Å²) in [4.78, 5) is 37.6. The standard InChI is InChI=1S/C23H19ClF6N2O6S/c1-12(33)32-10-9-14-11-17(39(24,36)37)7-8-18(14)19(32)20(35)31-16-5-3-15(4-6-16)21(22(25,26)27,23(28,29)30)38-13(2)34/h3-8,11,19H,9-10H2,1-2H3,(H,31,35). The van der Waals surface area contributed by atoms with Crippen molar-refractivity contribution in [2.75, 3.05) is 11.9 Å². The van der Waals surface area contributed by atoms with Crippen molar-refractivity contribution in [1.29, 1.82) is 0 Å².